The predicted octanol–water partition coefficient (Wildman–Crippen LogP) is 6.06. The molecule has 1 aliphatic rings. The van der Waals surface area contributed by atoms with Crippen molar-refractivity contribution >= 4 is 22.8 Å². The van der Waals surface area contributed by atoms with E-state index in [4.69, 9.17) is 4.74 Å². The van der Waals surface area contributed by atoms with Crippen LogP contribution in [0.3, 0.4) is 0 Å². The normalized spacial score (nSPS) is 15.9. The van der Waals surface area contributed by atoms with Gasteiger partial charge in [-0.3, -0.25) is 4.79 Å². The van der Waals surface area contributed by atoms with Gasteiger partial charge in [0.2, 0.25) is 0 Å². The van der Waals surface area contributed by atoms with E-state index in [-0.39, 0.29) is 12.1 Å². The lowest BCUT2D eigenvalue weighted by atomic mass is 9.91. The number of hydrogen-bond acceptors (Lipinski definition) is 2. The fraction of sp³-hybridized carbons (Fsp3) is 0.409. The van der Waals surface area contributed by atoms with Crippen molar-refractivity contribution in [2.24, 2.45) is 5.92 Å². The largest absolute Gasteiger partial charge is 0.453 e. The Morgan fingerprint density at radius 1 is 1.08 bits per heavy atom. The van der Waals surface area contributed by atoms with E-state index in [0.717, 1.165) is 24.3 Å². The highest BCUT2D eigenvalue weighted by molar-refractivity contribution is 5.95. The lowest BCUT2D eigenvalue weighted by Gasteiger charge is -2.21. The summed E-state index contributed by atoms with van der Waals surface area (Å²) in [6.45, 7) is 4.48. The van der Waals surface area contributed by atoms with Crippen molar-refractivity contribution in [1.29, 1.82) is 0 Å². The molecular formula is C22H26O2. The molecule has 3 rings (SSSR count). The van der Waals surface area contributed by atoms with E-state index < -0.39 is 0 Å². The van der Waals surface area contributed by atoms with Crippen molar-refractivity contribution < 1.29 is 9.53 Å². The molecule has 0 bridgehead atoms. The van der Waals surface area contributed by atoms with Gasteiger partial charge in [-0.05, 0) is 34.8 Å². The first kappa shape index (κ1) is 16.8. The Balaban J connectivity index is 1.60. The van der Waals surface area contributed by atoms with Gasteiger partial charge in [0.05, 0.1) is 0 Å². The van der Waals surface area contributed by atoms with Crippen molar-refractivity contribution in [3.63, 3.8) is 0 Å². The summed E-state index contributed by atoms with van der Waals surface area (Å²) in [5.74, 6) is 0.649. The van der Waals surface area contributed by atoms with E-state index in [2.05, 4.69) is 50.3 Å². The minimum Gasteiger partial charge on any atom is -0.453 e. The van der Waals surface area contributed by atoms with Crippen LogP contribution in [-0.4, -0.2) is 5.97 Å². The Kier molecular flexibility index (Phi) is 5.34. The van der Waals surface area contributed by atoms with Crippen molar-refractivity contribution in [2.45, 2.75) is 52.1 Å². The van der Waals surface area contributed by atoms with Crippen molar-refractivity contribution in [3.8, 4) is 0 Å². The van der Waals surface area contributed by atoms with Crippen LogP contribution >= 0.6 is 0 Å². The molecule has 0 N–H and O–H groups in total. The fourth-order valence-electron chi connectivity index (χ4n) is 3.37. The summed E-state index contributed by atoms with van der Waals surface area (Å²) in [4.78, 5) is 12.2. The standard InChI is InChI=1S/C22H26O2/c1-16(2)8-4-3-5-13-21(23)24-20-15-14-18-10-6-9-17-11-7-12-19(20)22(17)18/h6-7,9-12,14-16,20H,3-5,8,13H2,1-2H3. The van der Waals surface area contributed by atoms with Crippen LogP contribution < -0.4 is 0 Å². The molecule has 0 radical (unpaired) electrons. The number of benzene rings is 2. The third-order valence-corrected chi connectivity index (χ3v) is 4.65. The summed E-state index contributed by atoms with van der Waals surface area (Å²) in [5.41, 5.74) is 2.29. The molecule has 0 spiro atoms. The SMILES string of the molecule is CC(C)CCCCCC(=O)OC1C=Cc2cccc3cccc1c23. The van der Waals surface area contributed by atoms with Crippen LogP contribution in [0.25, 0.3) is 16.8 Å². The van der Waals surface area contributed by atoms with Gasteiger partial charge in [0.25, 0.3) is 0 Å². The van der Waals surface area contributed by atoms with Gasteiger partial charge in [0, 0.05) is 12.0 Å². The number of ether oxygens (including phenoxy) is 1. The zero-order chi connectivity index (χ0) is 16.9. The summed E-state index contributed by atoms with van der Waals surface area (Å²) in [6.07, 6.45) is 8.77. The van der Waals surface area contributed by atoms with Gasteiger partial charge in [0.15, 0.2) is 0 Å². The molecule has 0 saturated carbocycles. The summed E-state index contributed by atoms with van der Waals surface area (Å²) in [5, 5.41) is 2.40. The van der Waals surface area contributed by atoms with Crippen molar-refractivity contribution in [3.05, 3.63) is 53.6 Å². The second-order valence-electron chi connectivity index (χ2n) is 7.06. The summed E-state index contributed by atoms with van der Waals surface area (Å²) >= 11 is 0. The Morgan fingerprint density at radius 2 is 1.88 bits per heavy atom. The maximum absolute atomic E-state index is 12.2. The average molecular weight is 322 g/mol. The van der Waals surface area contributed by atoms with Gasteiger partial charge in [-0.15, -0.1) is 0 Å². The average Bonchev–Trinajstić information content (AvgIpc) is 2.57. The second kappa shape index (κ2) is 7.65. The highest BCUT2D eigenvalue weighted by Gasteiger charge is 2.20. The number of rotatable bonds is 7. The number of esters is 1. The molecule has 0 aromatic heterocycles. The first-order chi connectivity index (χ1) is 11.6. The van der Waals surface area contributed by atoms with Crippen LogP contribution in [0, 0.1) is 5.92 Å². The molecule has 0 amide bonds. The lowest BCUT2D eigenvalue weighted by Crippen LogP contribution is -2.12. The summed E-state index contributed by atoms with van der Waals surface area (Å²) in [7, 11) is 0. The molecule has 24 heavy (non-hydrogen) atoms. The Labute approximate surface area is 144 Å². The quantitative estimate of drug-likeness (QED) is 0.457. The Hall–Kier alpha value is -2.09. The highest BCUT2D eigenvalue weighted by Crippen LogP contribution is 2.35. The van der Waals surface area contributed by atoms with Gasteiger partial charge in [-0.2, -0.15) is 0 Å². The van der Waals surface area contributed by atoms with Crippen LogP contribution in [-0.2, 0) is 9.53 Å². The van der Waals surface area contributed by atoms with E-state index in [1.54, 1.807) is 0 Å². The summed E-state index contributed by atoms with van der Waals surface area (Å²) < 4.78 is 5.74. The molecule has 2 heteroatoms. The first-order valence-electron chi connectivity index (χ1n) is 9.04. The molecule has 2 nitrogen and oxygen atoms in total. The molecule has 0 saturated heterocycles. The van der Waals surface area contributed by atoms with Gasteiger partial charge in [-0.25, -0.2) is 0 Å². The Morgan fingerprint density at radius 3 is 2.67 bits per heavy atom. The summed E-state index contributed by atoms with van der Waals surface area (Å²) in [6, 6.07) is 12.5. The monoisotopic (exact) mass is 322 g/mol. The zero-order valence-corrected chi connectivity index (χ0v) is 14.6. The van der Waals surface area contributed by atoms with E-state index in [9.17, 15) is 4.79 Å². The molecule has 2 aromatic rings. The van der Waals surface area contributed by atoms with Crippen LogP contribution in [0.15, 0.2) is 42.5 Å². The van der Waals surface area contributed by atoms with Crippen molar-refractivity contribution in [2.75, 3.05) is 0 Å². The van der Waals surface area contributed by atoms with E-state index in [1.165, 1.54) is 29.2 Å². The van der Waals surface area contributed by atoms with Crippen LogP contribution in [0.2, 0.25) is 0 Å². The van der Waals surface area contributed by atoms with Crippen LogP contribution in [0.4, 0.5) is 0 Å². The molecule has 0 fully saturated rings. The Bertz CT molecular complexity index is 737. The number of unbranched alkanes of at least 4 members (excludes halogenated alkanes) is 2. The molecule has 1 unspecified atom stereocenters. The maximum atomic E-state index is 12.2. The molecule has 0 aliphatic heterocycles. The third-order valence-electron chi connectivity index (χ3n) is 4.65. The smallest absolute Gasteiger partial charge is 0.306 e. The van der Waals surface area contributed by atoms with Crippen LogP contribution in [0.5, 0.6) is 0 Å². The van der Waals surface area contributed by atoms with Gasteiger partial charge < -0.3 is 4.74 Å². The highest BCUT2D eigenvalue weighted by atomic mass is 16.5. The molecular weight excluding hydrogens is 296 g/mol. The number of carbonyl (C=O) groups is 1. The van der Waals surface area contributed by atoms with Gasteiger partial charge >= 0.3 is 5.97 Å². The number of hydrogen-bond donors (Lipinski definition) is 0. The van der Waals surface area contributed by atoms with Gasteiger partial charge in [0.1, 0.15) is 6.10 Å². The molecule has 1 atom stereocenters. The topological polar surface area (TPSA) is 26.3 Å². The maximum Gasteiger partial charge on any atom is 0.306 e. The number of carbonyl (C=O) groups excluding carboxylic acids is 1. The third kappa shape index (κ3) is 3.87. The lowest BCUT2D eigenvalue weighted by molar-refractivity contribution is -0.147. The molecule has 126 valence electrons. The second-order valence-corrected chi connectivity index (χ2v) is 7.06. The molecule has 0 heterocycles. The first-order valence-corrected chi connectivity index (χ1v) is 9.04. The molecule has 2 aromatic carbocycles. The zero-order valence-electron chi connectivity index (χ0n) is 14.6. The van der Waals surface area contributed by atoms with E-state index in [1.807, 2.05) is 12.1 Å². The fourth-order valence-corrected chi connectivity index (χ4v) is 3.37. The minimum atomic E-state index is -0.258. The van der Waals surface area contributed by atoms with E-state index >= 15 is 0 Å². The van der Waals surface area contributed by atoms with Crippen LogP contribution in [0.1, 0.15) is 63.2 Å². The van der Waals surface area contributed by atoms with Crippen molar-refractivity contribution in [1.82, 2.24) is 0 Å². The molecule has 1 aliphatic carbocycles. The van der Waals surface area contributed by atoms with E-state index in [0.29, 0.717) is 6.42 Å². The minimum absolute atomic E-state index is 0.0921. The predicted molar refractivity (Wildman–Crippen MR) is 99.7 cm³/mol. The van der Waals surface area contributed by atoms with Gasteiger partial charge in [-0.1, -0.05) is 75.6 Å².